The minimum atomic E-state index is -1.21. The molecule has 1 N–H and O–H groups in total. The monoisotopic (exact) mass is 270 g/mol. The zero-order valence-corrected chi connectivity index (χ0v) is 9.76. The molecule has 5 nitrogen and oxygen atoms in total. The average molecular weight is 271 g/mol. The molecule has 0 atom stereocenters. The molecule has 2 aromatic rings. The van der Waals surface area contributed by atoms with E-state index in [4.69, 9.17) is 21.4 Å². The number of carboxylic acids is 1. The van der Waals surface area contributed by atoms with Gasteiger partial charge in [-0.3, -0.25) is 0 Å². The maximum atomic E-state index is 12.6. The first-order valence-corrected chi connectivity index (χ1v) is 5.28. The van der Waals surface area contributed by atoms with Crippen molar-refractivity contribution in [2.75, 3.05) is 0 Å². The minimum Gasteiger partial charge on any atom is -0.476 e. The Hall–Kier alpha value is -2.08. The molecule has 1 heterocycles. The van der Waals surface area contributed by atoms with Gasteiger partial charge < -0.3 is 9.84 Å². The summed E-state index contributed by atoms with van der Waals surface area (Å²) >= 11 is 5.67. The number of nitrogens with zero attached hydrogens (tertiary/aromatic N) is 2. The van der Waals surface area contributed by atoms with Crippen molar-refractivity contribution in [1.29, 1.82) is 0 Å². The number of ether oxygens (including phenoxy) is 1. The number of carbonyl (C=O) groups is 1. The molecule has 1 aromatic heterocycles. The van der Waals surface area contributed by atoms with Gasteiger partial charge in [0.05, 0.1) is 5.02 Å². The molecule has 0 unspecified atom stereocenters. The van der Waals surface area contributed by atoms with E-state index in [0.717, 1.165) is 0 Å². The van der Waals surface area contributed by atoms with Gasteiger partial charge in [0.25, 0.3) is 0 Å². The number of rotatable bonds is 4. The topological polar surface area (TPSA) is 64.3 Å². The Morgan fingerprint density at radius 1 is 1.44 bits per heavy atom. The van der Waals surface area contributed by atoms with Crippen molar-refractivity contribution < 1.29 is 19.0 Å². The van der Waals surface area contributed by atoms with Crippen LogP contribution < -0.4 is 4.74 Å². The molecule has 18 heavy (non-hydrogen) atoms. The summed E-state index contributed by atoms with van der Waals surface area (Å²) in [5.41, 5.74) is -0.237. The van der Waals surface area contributed by atoms with Gasteiger partial charge in [-0.15, -0.1) is 0 Å². The first-order chi connectivity index (χ1) is 8.56. The summed E-state index contributed by atoms with van der Waals surface area (Å²) in [4.78, 5) is 10.7. The molecule has 0 saturated heterocycles. The second-order valence-corrected chi connectivity index (χ2v) is 3.80. The Kier molecular flexibility index (Phi) is 3.47. The van der Waals surface area contributed by atoms with Gasteiger partial charge in [-0.1, -0.05) is 11.6 Å². The van der Waals surface area contributed by atoms with Gasteiger partial charge in [0.15, 0.2) is 12.4 Å². The van der Waals surface area contributed by atoms with Crippen molar-refractivity contribution in [1.82, 2.24) is 9.78 Å². The molecule has 0 bridgehead atoms. The predicted molar refractivity (Wildman–Crippen MR) is 61.2 cm³/mol. The van der Waals surface area contributed by atoms with Gasteiger partial charge in [0.2, 0.25) is 0 Å². The molecule has 0 amide bonds. The van der Waals surface area contributed by atoms with Crippen molar-refractivity contribution in [2.45, 2.75) is 6.73 Å². The smallest absolute Gasteiger partial charge is 0.357 e. The third-order valence-electron chi connectivity index (χ3n) is 2.10. The third kappa shape index (κ3) is 2.78. The fourth-order valence-corrected chi connectivity index (χ4v) is 1.51. The summed E-state index contributed by atoms with van der Waals surface area (Å²) in [6.07, 6.45) is 1.34. The Balaban J connectivity index is 2.04. The van der Waals surface area contributed by atoms with Crippen LogP contribution in [-0.2, 0) is 6.73 Å². The Morgan fingerprint density at radius 2 is 2.11 bits per heavy atom. The largest absolute Gasteiger partial charge is 0.476 e. The van der Waals surface area contributed by atoms with Gasteiger partial charge >= 0.3 is 5.97 Å². The molecule has 0 aliphatic rings. The van der Waals surface area contributed by atoms with Crippen LogP contribution in [0.15, 0.2) is 30.5 Å². The number of hydrogen-bond donors (Lipinski definition) is 1. The third-order valence-corrected chi connectivity index (χ3v) is 2.37. The first-order valence-electron chi connectivity index (χ1n) is 4.91. The molecule has 0 aliphatic heterocycles. The van der Waals surface area contributed by atoms with Crippen LogP contribution in [0.4, 0.5) is 4.39 Å². The van der Waals surface area contributed by atoms with Crippen LogP contribution in [-0.4, -0.2) is 20.9 Å². The first kappa shape index (κ1) is 12.4. The van der Waals surface area contributed by atoms with E-state index in [2.05, 4.69) is 5.10 Å². The van der Waals surface area contributed by atoms with Crippen molar-refractivity contribution in [2.24, 2.45) is 0 Å². The highest BCUT2D eigenvalue weighted by Crippen LogP contribution is 2.15. The van der Waals surface area contributed by atoms with Crippen LogP contribution >= 0.6 is 11.6 Å². The lowest BCUT2D eigenvalue weighted by Gasteiger charge is -2.05. The molecule has 0 saturated carbocycles. The van der Waals surface area contributed by atoms with E-state index in [1.807, 2.05) is 0 Å². The van der Waals surface area contributed by atoms with E-state index in [1.54, 1.807) is 0 Å². The van der Waals surface area contributed by atoms with Gasteiger partial charge in [-0.25, -0.2) is 13.9 Å². The van der Waals surface area contributed by atoms with Gasteiger partial charge in [-0.2, -0.15) is 5.10 Å². The van der Waals surface area contributed by atoms with E-state index in [-0.39, 0.29) is 23.3 Å². The Morgan fingerprint density at radius 3 is 2.67 bits per heavy atom. The molecular formula is C11H8ClFN2O3. The highest BCUT2D eigenvalue weighted by Gasteiger charge is 2.13. The van der Waals surface area contributed by atoms with Crippen LogP contribution in [0.1, 0.15) is 10.5 Å². The van der Waals surface area contributed by atoms with Crippen molar-refractivity contribution in [3.8, 4) is 5.75 Å². The minimum absolute atomic E-state index is 0.0152. The fraction of sp³-hybridized carbons (Fsp3) is 0.0909. The summed E-state index contributed by atoms with van der Waals surface area (Å²) in [6.45, 7) is -0.0152. The van der Waals surface area contributed by atoms with E-state index in [0.29, 0.717) is 5.75 Å². The number of hydrogen-bond acceptors (Lipinski definition) is 3. The SMILES string of the molecule is O=C(O)c1nn(COc2ccc(F)cc2)cc1Cl. The normalized spacial score (nSPS) is 10.3. The van der Waals surface area contributed by atoms with Gasteiger partial charge in [0, 0.05) is 6.20 Å². The molecule has 0 spiro atoms. The molecule has 0 fully saturated rings. The number of benzene rings is 1. The highest BCUT2D eigenvalue weighted by molar-refractivity contribution is 6.33. The van der Waals surface area contributed by atoms with E-state index in [1.165, 1.54) is 35.1 Å². The zero-order valence-electron chi connectivity index (χ0n) is 9.01. The van der Waals surface area contributed by atoms with E-state index >= 15 is 0 Å². The van der Waals surface area contributed by atoms with E-state index < -0.39 is 5.97 Å². The number of halogens is 2. The zero-order chi connectivity index (χ0) is 13.1. The number of carboxylic acid groups (broad SMARTS) is 1. The fourth-order valence-electron chi connectivity index (χ4n) is 1.28. The second kappa shape index (κ2) is 5.05. The summed E-state index contributed by atoms with van der Waals surface area (Å²) < 4.78 is 19.2. The molecular weight excluding hydrogens is 263 g/mol. The molecule has 1 aromatic carbocycles. The maximum absolute atomic E-state index is 12.6. The summed E-state index contributed by atoms with van der Waals surface area (Å²) in [5.74, 6) is -1.13. The van der Waals surface area contributed by atoms with Crippen LogP contribution in [0, 0.1) is 5.82 Å². The van der Waals surface area contributed by atoms with Crippen LogP contribution in [0.2, 0.25) is 5.02 Å². The van der Waals surface area contributed by atoms with E-state index in [9.17, 15) is 9.18 Å². The lowest BCUT2D eigenvalue weighted by Crippen LogP contribution is -2.07. The van der Waals surface area contributed by atoms with Crippen LogP contribution in [0.3, 0.4) is 0 Å². The second-order valence-electron chi connectivity index (χ2n) is 3.40. The number of aromatic nitrogens is 2. The molecule has 0 radical (unpaired) electrons. The lowest BCUT2D eigenvalue weighted by molar-refractivity contribution is 0.0688. The van der Waals surface area contributed by atoms with Crippen LogP contribution in [0.5, 0.6) is 5.75 Å². The Bertz CT molecular complexity index is 568. The quantitative estimate of drug-likeness (QED) is 0.927. The molecule has 7 heteroatoms. The summed E-state index contributed by atoms with van der Waals surface area (Å²) in [5, 5.41) is 12.5. The maximum Gasteiger partial charge on any atom is 0.357 e. The van der Waals surface area contributed by atoms with Crippen molar-refractivity contribution >= 4 is 17.6 Å². The lowest BCUT2D eigenvalue weighted by atomic mass is 10.3. The average Bonchev–Trinajstić information content (AvgIpc) is 2.70. The van der Waals surface area contributed by atoms with Crippen LogP contribution in [0.25, 0.3) is 0 Å². The number of aromatic carboxylic acids is 1. The van der Waals surface area contributed by atoms with Gasteiger partial charge in [0.1, 0.15) is 11.6 Å². The summed E-state index contributed by atoms with van der Waals surface area (Å²) in [6, 6.07) is 5.43. The standard InChI is InChI=1S/C11H8ClFN2O3/c12-9-5-15(14-10(9)11(16)17)6-18-8-3-1-7(13)2-4-8/h1-5H,6H2,(H,16,17). The van der Waals surface area contributed by atoms with Crippen molar-refractivity contribution in [3.05, 3.63) is 47.0 Å². The van der Waals surface area contributed by atoms with Gasteiger partial charge in [-0.05, 0) is 24.3 Å². The predicted octanol–water partition coefficient (Wildman–Crippen LogP) is 2.41. The molecule has 2 rings (SSSR count). The summed E-state index contributed by atoms with van der Waals surface area (Å²) in [7, 11) is 0. The van der Waals surface area contributed by atoms with Crippen molar-refractivity contribution in [3.63, 3.8) is 0 Å². The molecule has 0 aliphatic carbocycles. The Labute approximate surface area is 106 Å². The highest BCUT2D eigenvalue weighted by atomic mass is 35.5. The molecule has 94 valence electrons.